The molecule has 3 rings (SSSR count). The molecule has 1 heterocycles. The summed E-state index contributed by atoms with van der Waals surface area (Å²) in [4.78, 5) is 12.3. The number of carbonyl (C=O) groups excluding carboxylic acids is 1. The van der Waals surface area contributed by atoms with E-state index in [1.807, 2.05) is 36.4 Å². The van der Waals surface area contributed by atoms with Crippen molar-refractivity contribution in [1.29, 1.82) is 0 Å². The molecule has 0 bridgehead atoms. The lowest BCUT2D eigenvalue weighted by atomic mass is 9.84. The number of hydrogen-bond acceptors (Lipinski definition) is 3. The highest BCUT2D eigenvalue weighted by molar-refractivity contribution is 9.10. The molecule has 0 saturated heterocycles. The van der Waals surface area contributed by atoms with Crippen molar-refractivity contribution in [1.82, 2.24) is 10.5 Å². The molecule has 1 aromatic heterocycles. The number of amides is 1. The maximum Gasteiger partial charge on any atom is 0.226 e. The van der Waals surface area contributed by atoms with E-state index in [0.29, 0.717) is 17.8 Å². The summed E-state index contributed by atoms with van der Waals surface area (Å²) in [6.45, 7) is 4.79. The Morgan fingerprint density at radius 3 is 2.62 bits per heavy atom. The summed E-state index contributed by atoms with van der Waals surface area (Å²) in [7, 11) is 0. The fraction of sp³-hybridized carbons (Fsp3) is 0.263. The van der Waals surface area contributed by atoms with Crippen molar-refractivity contribution in [3.05, 3.63) is 64.3 Å². The van der Waals surface area contributed by atoms with Crippen molar-refractivity contribution >= 4 is 32.8 Å². The number of benzene rings is 2. The van der Waals surface area contributed by atoms with Gasteiger partial charge in [-0.2, -0.15) is 0 Å². The highest BCUT2D eigenvalue weighted by Gasteiger charge is 2.22. The van der Waals surface area contributed by atoms with Gasteiger partial charge in [0.05, 0.1) is 6.42 Å². The SMILES string of the molecule is CC(C)(CNC(=O)Cc1noc2ccccc12)c1ccc(Br)cc1. The van der Waals surface area contributed by atoms with Crippen LogP contribution in [0.5, 0.6) is 0 Å². The third-order valence-corrected chi connectivity index (χ3v) is 4.66. The van der Waals surface area contributed by atoms with Gasteiger partial charge in [-0.1, -0.05) is 59.2 Å². The molecule has 124 valence electrons. The van der Waals surface area contributed by atoms with Crippen LogP contribution in [0.15, 0.2) is 57.5 Å². The topological polar surface area (TPSA) is 55.1 Å². The number of carbonyl (C=O) groups is 1. The first-order valence-electron chi connectivity index (χ1n) is 7.82. The second-order valence-corrected chi connectivity index (χ2v) is 7.39. The van der Waals surface area contributed by atoms with Crippen molar-refractivity contribution in [2.45, 2.75) is 25.7 Å². The molecular weight excluding hydrogens is 368 g/mol. The molecule has 0 radical (unpaired) electrons. The Labute approximate surface area is 149 Å². The second-order valence-electron chi connectivity index (χ2n) is 6.47. The lowest BCUT2D eigenvalue weighted by molar-refractivity contribution is -0.120. The van der Waals surface area contributed by atoms with E-state index in [4.69, 9.17) is 4.52 Å². The summed E-state index contributed by atoms with van der Waals surface area (Å²) in [6.07, 6.45) is 0.216. The van der Waals surface area contributed by atoms with Gasteiger partial charge >= 0.3 is 0 Å². The summed E-state index contributed by atoms with van der Waals surface area (Å²) in [5.41, 5.74) is 2.40. The first kappa shape index (κ1) is 16.7. The first-order chi connectivity index (χ1) is 11.5. The van der Waals surface area contributed by atoms with Crippen LogP contribution in [0.4, 0.5) is 0 Å². The first-order valence-corrected chi connectivity index (χ1v) is 8.61. The van der Waals surface area contributed by atoms with Crippen molar-refractivity contribution in [3.63, 3.8) is 0 Å². The number of halogens is 1. The van der Waals surface area contributed by atoms with Crippen molar-refractivity contribution in [3.8, 4) is 0 Å². The number of rotatable bonds is 5. The van der Waals surface area contributed by atoms with Gasteiger partial charge in [0.1, 0.15) is 5.69 Å². The molecule has 2 aromatic carbocycles. The maximum atomic E-state index is 12.3. The van der Waals surface area contributed by atoms with Crippen LogP contribution in [0.2, 0.25) is 0 Å². The van der Waals surface area contributed by atoms with E-state index in [1.54, 1.807) is 0 Å². The van der Waals surface area contributed by atoms with Gasteiger partial charge in [0.15, 0.2) is 5.58 Å². The Bertz CT molecular complexity index is 853. The van der Waals surface area contributed by atoms with Gasteiger partial charge in [-0.3, -0.25) is 4.79 Å². The molecule has 0 spiro atoms. The minimum Gasteiger partial charge on any atom is -0.356 e. The van der Waals surface area contributed by atoms with Crippen LogP contribution in [0.1, 0.15) is 25.1 Å². The van der Waals surface area contributed by atoms with Crippen molar-refractivity contribution in [2.24, 2.45) is 0 Å². The van der Waals surface area contributed by atoms with Crippen LogP contribution in [-0.4, -0.2) is 17.6 Å². The zero-order valence-electron chi connectivity index (χ0n) is 13.7. The summed E-state index contributed by atoms with van der Waals surface area (Å²) in [6, 6.07) is 15.7. The van der Waals surface area contributed by atoms with Crippen LogP contribution in [0, 0.1) is 0 Å². The van der Waals surface area contributed by atoms with Crippen molar-refractivity contribution < 1.29 is 9.32 Å². The van der Waals surface area contributed by atoms with Crippen molar-refractivity contribution in [2.75, 3.05) is 6.54 Å². The molecule has 5 heteroatoms. The number of hydrogen-bond donors (Lipinski definition) is 1. The number of fused-ring (bicyclic) bond motifs is 1. The summed E-state index contributed by atoms with van der Waals surface area (Å²) >= 11 is 3.44. The van der Waals surface area contributed by atoms with E-state index >= 15 is 0 Å². The quantitative estimate of drug-likeness (QED) is 0.713. The molecule has 1 N–H and O–H groups in total. The van der Waals surface area contributed by atoms with Gasteiger partial charge in [-0.25, -0.2) is 0 Å². The fourth-order valence-corrected chi connectivity index (χ4v) is 2.87. The Morgan fingerprint density at radius 2 is 1.88 bits per heavy atom. The zero-order chi connectivity index (χ0) is 17.2. The van der Waals surface area contributed by atoms with Crippen LogP contribution < -0.4 is 5.32 Å². The summed E-state index contributed by atoms with van der Waals surface area (Å²) < 4.78 is 6.29. The van der Waals surface area contributed by atoms with Crippen LogP contribution >= 0.6 is 15.9 Å². The predicted octanol–water partition coefficient (Wildman–Crippen LogP) is 4.23. The monoisotopic (exact) mass is 386 g/mol. The van der Waals surface area contributed by atoms with Gasteiger partial charge in [0, 0.05) is 21.8 Å². The van der Waals surface area contributed by atoms with Gasteiger partial charge < -0.3 is 9.84 Å². The Kier molecular flexibility index (Phi) is 4.71. The third kappa shape index (κ3) is 3.67. The standard InChI is InChI=1S/C19H19BrN2O2/c1-19(2,13-7-9-14(20)10-8-13)12-21-18(23)11-16-15-5-3-4-6-17(15)24-22-16/h3-10H,11-12H2,1-2H3,(H,21,23). The van der Waals surface area contributed by atoms with Crippen LogP contribution in [-0.2, 0) is 16.6 Å². The average Bonchev–Trinajstić information content (AvgIpc) is 2.97. The minimum absolute atomic E-state index is 0.0563. The molecule has 0 aliphatic rings. The van der Waals surface area contributed by atoms with E-state index in [-0.39, 0.29) is 17.7 Å². The van der Waals surface area contributed by atoms with E-state index in [2.05, 4.69) is 52.4 Å². The molecule has 0 aliphatic carbocycles. The van der Waals surface area contributed by atoms with E-state index in [0.717, 1.165) is 9.86 Å². The Balaban J connectivity index is 1.63. The molecule has 0 unspecified atom stereocenters. The second kappa shape index (κ2) is 6.77. The summed E-state index contributed by atoms with van der Waals surface area (Å²) in [5, 5.41) is 7.90. The smallest absolute Gasteiger partial charge is 0.226 e. The Morgan fingerprint density at radius 1 is 1.17 bits per heavy atom. The normalized spacial score (nSPS) is 11.6. The lowest BCUT2D eigenvalue weighted by Crippen LogP contribution is -2.37. The number of aromatic nitrogens is 1. The number of nitrogens with one attached hydrogen (secondary N) is 1. The molecule has 0 fully saturated rings. The fourth-order valence-electron chi connectivity index (χ4n) is 2.60. The van der Waals surface area contributed by atoms with Crippen LogP contribution in [0.3, 0.4) is 0 Å². The number of para-hydroxylation sites is 1. The average molecular weight is 387 g/mol. The molecule has 24 heavy (non-hydrogen) atoms. The van der Waals surface area contributed by atoms with Crippen LogP contribution in [0.25, 0.3) is 11.0 Å². The van der Waals surface area contributed by atoms with Gasteiger partial charge in [-0.05, 0) is 29.8 Å². The predicted molar refractivity (Wildman–Crippen MR) is 97.9 cm³/mol. The molecule has 1 amide bonds. The van der Waals surface area contributed by atoms with E-state index < -0.39 is 0 Å². The zero-order valence-corrected chi connectivity index (χ0v) is 15.3. The highest BCUT2D eigenvalue weighted by atomic mass is 79.9. The third-order valence-electron chi connectivity index (χ3n) is 4.13. The molecule has 0 aliphatic heterocycles. The van der Waals surface area contributed by atoms with E-state index in [9.17, 15) is 4.79 Å². The largest absolute Gasteiger partial charge is 0.356 e. The van der Waals surface area contributed by atoms with Gasteiger partial charge in [0.25, 0.3) is 0 Å². The minimum atomic E-state index is -0.151. The van der Waals surface area contributed by atoms with Gasteiger partial charge in [-0.15, -0.1) is 0 Å². The Hall–Kier alpha value is -2.14. The number of nitrogens with zero attached hydrogens (tertiary/aromatic N) is 1. The lowest BCUT2D eigenvalue weighted by Gasteiger charge is -2.25. The molecular formula is C19H19BrN2O2. The van der Waals surface area contributed by atoms with Gasteiger partial charge in [0.2, 0.25) is 5.91 Å². The summed E-state index contributed by atoms with van der Waals surface area (Å²) in [5.74, 6) is -0.0563. The maximum absolute atomic E-state index is 12.3. The molecule has 0 saturated carbocycles. The highest BCUT2D eigenvalue weighted by Crippen LogP contribution is 2.24. The molecule has 4 nitrogen and oxygen atoms in total. The molecule has 3 aromatic rings. The molecule has 0 atom stereocenters. The van der Waals surface area contributed by atoms with E-state index in [1.165, 1.54) is 5.56 Å².